The molecule has 3 heteroatoms. The molecule has 0 bridgehead atoms. The lowest BCUT2D eigenvalue weighted by Crippen LogP contribution is -2.02. The molecule has 0 spiro atoms. The molecule has 0 saturated carbocycles. The minimum absolute atomic E-state index is 0.456. The molecule has 1 aromatic carbocycles. The summed E-state index contributed by atoms with van der Waals surface area (Å²) < 4.78 is 5.79. The van der Waals surface area contributed by atoms with Gasteiger partial charge in [0.05, 0.1) is 6.10 Å². The topological polar surface area (TPSA) is 42.4 Å². The largest absolute Gasteiger partial charge is 0.488 e. The quantitative estimate of drug-likeness (QED) is 0.913. The highest BCUT2D eigenvalue weighted by Crippen LogP contribution is 2.26. The Morgan fingerprint density at radius 2 is 1.95 bits per heavy atom. The number of benzene rings is 1. The fourth-order valence-corrected chi connectivity index (χ4v) is 1.98. The first-order chi connectivity index (χ1) is 9.06. The Bertz CT molecular complexity index is 564. The summed E-state index contributed by atoms with van der Waals surface area (Å²) in [6.07, 6.45) is 3.07. The number of rotatable bonds is 4. The summed E-state index contributed by atoms with van der Waals surface area (Å²) in [6, 6.07) is 7.88. The predicted molar refractivity (Wildman–Crippen MR) is 75.1 cm³/mol. The van der Waals surface area contributed by atoms with E-state index >= 15 is 0 Å². The van der Waals surface area contributed by atoms with Gasteiger partial charge in [-0.1, -0.05) is 11.6 Å². The first-order valence-corrected chi connectivity index (χ1v) is 6.38. The van der Waals surface area contributed by atoms with E-state index in [1.54, 1.807) is 13.1 Å². The van der Waals surface area contributed by atoms with Crippen molar-refractivity contribution in [3.8, 4) is 5.75 Å². The third-order valence-corrected chi connectivity index (χ3v) is 2.94. The van der Waals surface area contributed by atoms with Crippen LogP contribution in [-0.2, 0) is 6.61 Å². The Morgan fingerprint density at radius 3 is 2.63 bits per heavy atom. The standard InChI is InChI=1S/C16H19NO2/c1-11-4-5-16(15(7-11)13(3)18)19-10-14-6-12(2)8-17-9-14/h4-9,13,18H,10H2,1-3H3/t13-/m0/s1. The highest BCUT2D eigenvalue weighted by Gasteiger charge is 2.09. The maximum atomic E-state index is 9.78. The van der Waals surface area contributed by atoms with E-state index in [0.29, 0.717) is 6.61 Å². The van der Waals surface area contributed by atoms with Gasteiger partial charge in [-0.25, -0.2) is 0 Å². The van der Waals surface area contributed by atoms with Gasteiger partial charge in [0.15, 0.2) is 0 Å². The second kappa shape index (κ2) is 5.85. The predicted octanol–water partition coefficient (Wildman–Crippen LogP) is 3.33. The minimum atomic E-state index is -0.537. The van der Waals surface area contributed by atoms with E-state index < -0.39 is 6.10 Å². The average Bonchev–Trinajstić information content (AvgIpc) is 2.37. The molecule has 1 heterocycles. The third-order valence-electron chi connectivity index (χ3n) is 2.94. The maximum Gasteiger partial charge on any atom is 0.125 e. The molecule has 0 aliphatic rings. The van der Waals surface area contributed by atoms with Crippen LogP contribution in [0.2, 0.25) is 0 Å². The highest BCUT2D eigenvalue weighted by molar-refractivity contribution is 5.38. The van der Waals surface area contributed by atoms with Gasteiger partial charge < -0.3 is 9.84 Å². The number of hydrogen-bond acceptors (Lipinski definition) is 3. The van der Waals surface area contributed by atoms with E-state index in [-0.39, 0.29) is 0 Å². The first kappa shape index (κ1) is 13.6. The smallest absolute Gasteiger partial charge is 0.125 e. The summed E-state index contributed by atoms with van der Waals surface area (Å²) in [6.45, 7) is 6.21. The average molecular weight is 257 g/mol. The zero-order valence-corrected chi connectivity index (χ0v) is 11.6. The molecule has 19 heavy (non-hydrogen) atoms. The normalized spacial score (nSPS) is 12.2. The van der Waals surface area contributed by atoms with Crippen molar-refractivity contribution in [3.63, 3.8) is 0 Å². The molecular weight excluding hydrogens is 238 g/mol. The summed E-state index contributed by atoms with van der Waals surface area (Å²) in [5, 5.41) is 9.78. The van der Waals surface area contributed by atoms with E-state index in [9.17, 15) is 5.11 Å². The minimum Gasteiger partial charge on any atom is -0.488 e. The summed E-state index contributed by atoms with van der Waals surface area (Å²) in [4.78, 5) is 4.14. The molecule has 0 unspecified atom stereocenters. The van der Waals surface area contributed by atoms with Crippen LogP contribution in [0.1, 0.15) is 35.3 Å². The van der Waals surface area contributed by atoms with Crippen LogP contribution in [0.15, 0.2) is 36.7 Å². The summed E-state index contributed by atoms with van der Waals surface area (Å²) in [5.41, 5.74) is 4.07. The molecule has 3 nitrogen and oxygen atoms in total. The number of aryl methyl sites for hydroxylation is 2. The number of aromatic nitrogens is 1. The fraction of sp³-hybridized carbons (Fsp3) is 0.312. The number of aliphatic hydroxyl groups excluding tert-OH is 1. The lowest BCUT2D eigenvalue weighted by atomic mass is 10.1. The number of aliphatic hydroxyl groups is 1. The van der Waals surface area contributed by atoms with Crippen molar-refractivity contribution >= 4 is 0 Å². The molecule has 0 amide bonds. The molecule has 0 radical (unpaired) electrons. The van der Waals surface area contributed by atoms with Crippen molar-refractivity contribution in [3.05, 3.63) is 58.9 Å². The summed E-state index contributed by atoms with van der Waals surface area (Å²) in [5.74, 6) is 0.724. The van der Waals surface area contributed by atoms with Gasteiger partial charge in [0.2, 0.25) is 0 Å². The van der Waals surface area contributed by atoms with Crippen LogP contribution in [-0.4, -0.2) is 10.1 Å². The summed E-state index contributed by atoms with van der Waals surface area (Å²) >= 11 is 0. The number of nitrogens with zero attached hydrogens (tertiary/aromatic N) is 1. The lowest BCUT2D eigenvalue weighted by Gasteiger charge is -2.14. The zero-order chi connectivity index (χ0) is 13.8. The van der Waals surface area contributed by atoms with Crippen LogP contribution >= 0.6 is 0 Å². The van der Waals surface area contributed by atoms with Gasteiger partial charge in [-0.2, -0.15) is 0 Å². The van der Waals surface area contributed by atoms with Crippen LogP contribution in [0, 0.1) is 13.8 Å². The molecule has 0 fully saturated rings. The molecule has 1 atom stereocenters. The SMILES string of the molecule is Cc1cncc(COc2ccc(C)cc2[C@H](C)O)c1. The van der Waals surface area contributed by atoms with Crippen LogP contribution in [0.3, 0.4) is 0 Å². The third kappa shape index (κ3) is 3.55. The number of ether oxygens (including phenoxy) is 1. The molecule has 1 N–H and O–H groups in total. The van der Waals surface area contributed by atoms with Crippen molar-refractivity contribution < 1.29 is 9.84 Å². The van der Waals surface area contributed by atoms with Gasteiger partial charge in [0.1, 0.15) is 12.4 Å². The first-order valence-electron chi connectivity index (χ1n) is 6.38. The molecule has 0 aliphatic heterocycles. The second-order valence-corrected chi connectivity index (χ2v) is 4.88. The second-order valence-electron chi connectivity index (χ2n) is 4.88. The van der Waals surface area contributed by atoms with Crippen molar-refractivity contribution in [2.45, 2.75) is 33.5 Å². The fourth-order valence-electron chi connectivity index (χ4n) is 1.98. The van der Waals surface area contributed by atoms with Gasteiger partial charge in [0.25, 0.3) is 0 Å². The number of hydrogen-bond donors (Lipinski definition) is 1. The van der Waals surface area contributed by atoms with Crippen molar-refractivity contribution in [2.24, 2.45) is 0 Å². The van der Waals surface area contributed by atoms with Gasteiger partial charge in [-0.05, 0) is 44.5 Å². The molecule has 100 valence electrons. The van der Waals surface area contributed by atoms with Crippen molar-refractivity contribution in [1.29, 1.82) is 0 Å². The highest BCUT2D eigenvalue weighted by atomic mass is 16.5. The maximum absolute atomic E-state index is 9.78. The molecule has 0 saturated heterocycles. The number of pyridine rings is 1. The van der Waals surface area contributed by atoms with E-state index in [4.69, 9.17) is 4.74 Å². The van der Waals surface area contributed by atoms with Crippen molar-refractivity contribution in [1.82, 2.24) is 4.98 Å². The van der Waals surface area contributed by atoms with Gasteiger partial charge in [-0.3, -0.25) is 4.98 Å². The Hall–Kier alpha value is -1.87. The van der Waals surface area contributed by atoms with Crippen LogP contribution in [0.5, 0.6) is 5.75 Å². The Labute approximate surface area is 113 Å². The molecule has 1 aromatic heterocycles. The zero-order valence-electron chi connectivity index (χ0n) is 11.6. The van der Waals surface area contributed by atoms with Crippen LogP contribution in [0.25, 0.3) is 0 Å². The van der Waals surface area contributed by atoms with E-state index in [2.05, 4.69) is 4.98 Å². The van der Waals surface area contributed by atoms with E-state index in [1.165, 1.54) is 0 Å². The van der Waals surface area contributed by atoms with E-state index in [0.717, 1.165) is 28.0 Å². The van der Waals surface area contributed by atoms with Gasteiger partial charge in [0, 0.05) is 23.5 Å². The molecular formula is C16H19NO2. The van der Waals surface area contributed by atoms with Gasteiger partial charge in [-0.15, -0.1) is 0 Å². The molecule has 2 rings (SSSR count). The molecule has 0 aliphatic carbocycles. The Balaban J connectivity index is 2.15. The van der Waals surface area contributed by atoms with Crippen LogP contribution in [0.4, 0.5) is 0 Å². The molecule has 2 aromatic rings. The monoisotopic (exact) mass is 257 g/mol. The van der Waals surface area contributed by atoms with E-state index in [1.807, 2.05) is 44.3 Å². The van der Waals surface area contributed by atoms with Crippen LogP contribution < -0.4 is 4.74 Å². The Kier molecular flexibility index (Phi) is 4.17. The Morgan fingerprint density at radius 1 is 1.16 bits per heavy atom. The summed E-state index contributed by atoms with van der Waals surface area (Å²) in [7, 11) is 0. The lowest BCUT2D eigenvalue weighted by molar-refractivity contribution is 0.190. The van der Waals surface area contributed by atoms with Gasteiger partial charge >= 0.3 is 0 Å². The van der Waals surface area contributed by atoms with Crippen molar-refractivity contribution in [2.75, 3.05) is 0 Å².